The van der Waals surface area contributed by atoms with Crippen LogP contribution in [0.15, 0.2) is 12.1 Å². The van der Waals surface area contributed by atoms with E-state index in [0.29, 0.717) is 32.1 Å². The van der Waals surface area contributed by atoms with E-state index in [1.807, 2.05) is 6.92 Å². The van der Waals surface area contributed by atoms with Crippen molar-refractivity contribution in [3.05, 3.63) is 38.5 Å². The highest BCUT2D eigenvalue weighted by atomic mass is 35.5. The van der Waals surface area contributed by atoms with Crippen molar-refractivity contribution in [3.63, 3.8) is 0 Å². The Bertz CT molecular complexity index is 696. The van der Waals surface area contributed by atoms with Crippen LogP contribution in [-0.2, 0) is 7.05 Å². The number of nitrogens with one attached hydrogen (secondary N) is 1. The molecule has 4 nitrogen and oxygen atoms in total. The Hall–Kier alpha value is -1.01. The molecule has 0 saturated carbocycles. The Morgan fingerprint density at radius 2 is 1.85 bits per heavy atom. The van der Waals surface area contributed by atoms with Crippen LogP contribution in [0.5, 0.6) is 0 Å². The fraction of sp³-hybridized carbons (Fsp3) is 0.167. The maximum Gasteiger partial charge on any atom is 0.138 e. The third kappa shape index (κ3) is 2.86. The van der Waals surface area contributed by atoms with Crippen molar-refractivity contribution in [2.75, 3.05) is 5.32 Å². The highest BCUT2D eigenvalue weighted by Crippen LogP contribution is 2.34. The third-order valence-corrected chi connectivity index (χ3v) is 3.97. The van der Waals surface area contributed by atoms with E-state index in [0.717, 1.165) is 5.69 Å². The van der Waals surface area contributed by atoms with Gasteiger partial charge in [-0.15, -0.1) is 0 Å². The molecule has 1 heterocycles. The molecule has 3 N–H and O–H groups in total. The molecule has 1 aromatic heterocycles. The monoisotopic (exact) mass is 348 g/mol. The van der Waals surface area contributed by atoms with E-state index in [4.69, 9.17) is 52.8 Å². The predicted octanol–water partition coefficient (Wildman–Crippen LogP) is 4.07. The summed E-state index contributed by atoms with van der Waals surface area (Å²) in [6.07, 6.45) is 0. The highest BCUT2D eigenvalue weighted by molar-refractivity contribution is 7.80. The second-order valence-electron chi connectivity index (χ2n) is 4.17. The first kappa shape index (κ1) is 15.4. The number of nitrogens with two attached hydrogens (primary N) is 1. The van der Waals surface area contributed by atoms with Crippen molar-refractivity contribution in [1.29, 1.82) is 0 Å². The molecule has 0 aliphatic rings. The summed E-state index contributed by atoms with van der Waals surface area (Å²) in [6.45, 7) is 1.83. The summed E-state index contributed by atoms with van der Waals surface area (Å²) in [5.74, 6) is 0.648. The van der Waals surface area contributed by atoms with E-state index < -0.39 is 0 Å². The Morgan fingerprint density at radius 1 is 1.25 bits per heavy atom. The van der Waals surface area contributed by atoms with E-state index in [-0.39, 0.29) is 4.99 Å². The van der Waals surface area contributed by atoms with Crippen LogP contribution in [-0.4, -0.2) is 14.8 Å². The summed E-state index contributed by atoms with van der Waals surface area (Å²) in [6, 6.07) is 3.20. The van der Waals surface area contributed by atoms with Crippen molar-refractivity contribution in [2.45, 2.75) is 6.92 Å². The Kier molecular flexibility index (Phi) is 4.44. The molecule has 0 aliphatic heterocycles. The van der Waals surface area contributed by atoms with Crippen LogP contribution >= 0.6 is 47.0 Å². The lowest BCUT2D eigenvalue weighted by Gasteiger charge is -2.11. The summed E-state index contributed by atoms with van der Waals surface area (Å²) in [4.78, 5) is 0.259. The quantitative estimate of drug-likeness (QED) is 0.648. The maximum absolute atomic E-state index is 6.14. The average molecular weight is 350 g/mol. The third-order valence-electron chi connectivity index (χ3n) is 2.73. The lowest BCUT2D eigenvalue weighted by Crippen LogP contribution is -2.13. The molecule has 2 aromatic rings. The topological polar surface area (TPSA) is 55.9 Å². The molecule has 0 radical (unpaired) electrons. The fourth-order valence-electron chi connectivity index (χ4n) is 1.84. The molecule has 1 aromatic carbocycles. The van der Waals surface area contributed by atoms with Crippen LogP contribution in [0.1, 0.15) is 11.3 Å². The van der Waals surface area contributed by atoms with Crippen LogP contribution in [0.2, 0.25) is 15.1 Å². The minimum Gasteiger partial charge on any atom is -0.389 e. The number of anilines is 2. The van der Waals surface area contributed by atoms with E-state index in [1.165, 1.54) is 0 Å². The molecule has 106 valence electrons. The van der Waals surface area contributed by atoms with Crippen molar-refractivity contribution in [2.24, 2.45) is 12.8 Å². The number of benzene rings is 1. The van der Waals surface area contributed by atoms with Crippen molar-refractivity contribution in [1.82, 2.24) is 9.78 Å². The SMILES string of the molecule is Cc1nn(C)c(Nc2cc(Cl)c(Cl)cc2Cl)c1C(N)=S. The molecular formula is C12H11Cl3N4S. The van der Waals surface area contributed by atoms with Gasteiger partial charge in [0.15, 0.2) is 0 Å². The number of aromatic nitrogens is 2. The molecule has 0 aliphatic carbocycles. The molecule has 0 unspecified atom stereocenters. The number of aryl methyl sites for hydroxylation is 2. The summed E-state index contributed by atoms with van der Waals surface area (Å²) in [7, 11) is 1.78. The number of thiocarbonyl (C=S) groups is 1. The second-order valence-corrected chi connectivity index (χ2v) is 5.83. The van der Waals surface area contributed by atoms with Crippen molar-refractivity contribution >= 4 is 63.5 Å². The van der Waals surface area contributed by atoms with Crippen LogP contribution < -0.4 is 11.1 Å². The molecule has 0 saturated heterocycles. The van der Waals surface area contributed by atoms with Crippen LogP contribution in [0, 0.1) is 6.92 Å². The first-order valence-corrected chi connectivity index (χ1v) is 7.10. The Balaban J connectivity index is 2.50. The summed E-state index contributed by atoms with van der Waals surface area (Å²) < 4.78 is 1.64. The van der Waals surface area contributed by atoms with Crippen LogP contribution in [0.4, 0.5) is 11.5 Å². The largest absolute Gasteiger partial charge is 0.389 e. The number of nitrogens with zero attached hydrogens (tertiary/aromatic N) is 2. The summed E-state index contributed by atoms with van der Waals surface area (Å²) in [5, 5.41) is 8.64. The van der Waals surface area contributed by atoms with E-state index in [1.54, 1.807) is 23.9 Å². The first-order valence-electron chi connectivity index (χ1n) is 5.56. The second kappa shape index (κ2) is 5.77. The van der Waals surface area contributed by atoms with Gasteiger partial charge in [-0.2, -0.15) is 5.10 Å². The number of hydrogen-bond donors (Lipinski definition) is 2. The van der Waals surface area contributed by atoms with Gasteiger partial charge in [0.25, 0.3) is 0 Å². The van der Waals surface area contributed by atoms with Crippen LogP contribution in [0.3, 0.4) is 0 Å². The molecule has 0 fully saturated rings. The van der Waals surface area contributed by atoms with Gasteiger partial charge in [-0.25, -0.2) is 0 Å². The van der Waals surface area contributed by atoms with Crippen LogP contribution in [0.25, 0.3) is 0 Å². The molecule has 8 heteroatoms. The lowest BCUT2D eigenvalue weighted by molar-refractivity contribution is 0.765. The Morgan fingerprint density at radius 3 is 2.45 bits per heavy atom. The zero-order valence-corrected chi connectivity index (χ0v) is 13.8. The Labute approximate surface area is 136 Å². The van der Waals surface area contributed by atoms with Crippen molar-refractivity contribution in [3.8, 4) is 0 Å². The molecule has 20 heavy (non-hydrogen) atoms. The molecule has 0 atom stereocenters. The summed E-state index contributed by atoms with van der Waals surface area (Å²) >= 11 is 23.1. The molecule has 0 amide bonds. The molecule has 0 bridgehead atoms. The molecule has 0 spiro atoms. The van der Waals surface area contributed by atoms with E-state index in [2.05, 4.69) is 10.4 Å². The number of rotatable bonds is 3. The normalized spacial score (nSPS) is 10.7. The smallest absolute Gasteiger partial charge is 0.138 e. The molecule has 2 rings (SSSR count). The number of hydrogen-bond acceptors (Lipinski definition) is 3. The summed E-state index contributed by atoms with van der Waals surface area (Å²) in [5.41, 5.74) is 7.74. The minimum absolute atomic E-state index is 0.259. The average Bonchev–Trinajstić information content (AvgIpc) is 2.61. The van der Waals surface area contributed by atoms with Gasteiger partial charge in [0.05, 0.1) is 32.0 Å². The van der Waals surface area contributed by atoms with Gasteiger partial charge in [0.2, 0.25) is 0 Å². The van der Waals surface area contributed by atoms with Gasteiger partial charge in [-0.05, 0) is 19.1 Å². The zero-order valence-electron chi connectivity index (χ0n) is 10.7. The molecular weight excluding hydrogens is 339 g/mol. The fourth-order valence-corrected chi connectivity index (χ4v) is 2.68. The number of halogens is 3. The minimum atomic E-state index is 0.259. The van der Waals surface area contributed by atoms with Gasteiger partial charge in [-0.3, -0.25) is 4.68 Å². The van der Waals surface area contributed by atoms with Gasteiger partial charge in [-0.1, -0.05) is 47.0 Å². The highest BCUT2D eigenvalue weighted by Gasteiger charge is 2.17. The predicted molar refractivity (Wildman–Crippen MR) is 88.6 cm³/mol. The van der Waals surface area contributed by atoms with Crippen molar-refractivity contribution < 1.29 is 0 Å². The van der Waals surface area contributed by atoms with Gasteiger partial charge in [0.1, 0.15) is 10.8 Å². The van der Waals surface area contributed by atoms with Gasteiger partial charge in [0, 0.05) is 7.05 Å². The standard InChI is InChI=1S/C12H11Cl3N4S/c1-5-10(11(16)20)12(19(2)18-5)17-9-4-7(14)6(13)3-8(9)15/h3-4,17H,1-2H3,(H2,16,20). The first-order chi connectivity index (χ1) is 9.31. The maximum atomic E-state index is 6.14. The van der Waals surface area contributed by atoms with Gasteiger partial charge < -0.3 is 11.1 Å². The van der Waals surface area contributed by atoms with E-state index in [9.17, 15) is 0 Å². The zero-order chi connectivity index (χ0) is 15.0. The lowest BCUT2D eigenvalue weighted by atomic mass is 10.2. The van der Waals surface area contributed by atoms with E-state index >= 15 is 0 Å². The van der Waals surface area contributed by atoms with Gasteiger partial charge >= 0.3 is 0 Å².